The Hall–Kier alpha value is -3.43. The Balaban J connectivity index is 1.74. The Labute approximate surface area is 183 Å². The standard InChI is InChI=1S/C23H23F2N3O4/c1-23(26,20(30)19(29)15-9-16(24)11-17(25)10-15)22(32)28-18-8-7-14(12-27-21(18)31)13-5-3-2-4-6-13/h2-11,14,18-19,29H,12,26H2,1H3,(H,27,31)(H,28,32)/t14-,18+,19-,23-/m1/s1. The minimum Gasteiger partial charge on any atom is -0.380 e. The smallest absolute Gasteiger partial charge is 0.248 e. The molecule has 0 aromatic heterocycles. The van der Waals surface area contributed by atoms with Gasteiger partial charge in [0.25, 0.3) is 0 Å². The van der Waals surface area contributed by atoms with Crippen LogP contribution in [0.15, 0.2) is 60.7 Å². The number of nitrogens with one attached hydrogen (secondary N) is 2. The number of aliphatic hydroxyl groups excluding tert-OH is 1. The van der Waals surface area contributed by atoms with Crippen molar-refractivity contribution in [3.05, 3.63) is 83.4 Å². The minimum atomic E-state index is -2.28. The Morgan fingerprint density at radius 3 is 2.41 bits per heavy atom. The molecule has 0 fully saturated rings. The van der Waals surface area contributed by atoms with E-state index in [0.717, 1.165) is 24.6 Å². The Morgan fingerprint density at radius 2 is 1.78 bits per heavy atom. The molecule has 0 unspecified atom stereocenters. The van der Waals surface area contributed by atoms with Crippen LogP contribution in [0.1, 0.15) is 30.1 Å². The molecular formula is C23H23F2N3O4. The first kappa shape index (κ1) is 23.2. The number of halogens is 2. The summed E-state index contributed by atoms with van der Waals surface area (Å²) in [5.74, 6) is -4.81. The number of hydrogen-bond donors (Lipinski definition) is 4. The predicted octanol–water partition coefficient (Wildman–Crippen LogP) is 1.24. The van der Waals surface area contributed by atoms with E-state index in [-0.39, 0.29) is 11.5 Å². The zero-order valence-electron chi connectivity index (χ0n) is 17.2. The van der Waals surface area contributed by atoms with E-state index in [0.29, 0.717) is 12.6 Å². The average molecular weight is 443 g/mol. The molecule has 4 atom stereocenters. The van der Waals surface area contributed by atoms with Gasteiger partial charge in [-0.05, 0) is 30.2 Å². The third kappa shape index (κ3) is 5.06. The van der Waals surface area contributed by atoms with Crippen molar-refractivity contribution < 1.29 is 28.3 Å². The number of ketones is 1. The molecule has 9 heteroatoms. The molecule has 0 bridgehead atoms. The molecule has 2 aromatic rings. The molecule has 3 rings (SSSR count). The number of Topliss-reactive ketones (excluding diaryl/α,β-unsaturated/α-hetero) is 1. The van der Waals surface area contributed by atoms with E-state index in [1.807, 2.05) is 30.3 Å². The normalized spacial score (nSPS) is 21.1. The lowest BCUT2D eigenvalue weighted by atomic mass is 9.89. The maximum absolute atomic E-state index is 13.4. The van der Waals surface area contributed by atoms with Crippen LogP contribution in [0.4, 0.5) is 8.78 Å². The van der Waals surface area contributed by atoms with Crippen LogP contribution < -0.4 is 16.4 Å². The summed E-state index contributed by atoms with van der Waals surface area (Å²) in [5, 5.41) is 15.4. The lowest BCUT2D eigenvalue weighted by molar-refractivity contribution is -0.141. The molecular weight excluding hydrogens is 420 g/mol. The monoisotopic (exact) mass is 443 g/mol. The molecule has 2 aromatic carbocycles. The van der Waals surface area contributed by atoms with Gasteiger partial charge < -0.3 is 21.5 Å². The molecule has 2 amide bonds. The number of amides is 2. The maximum Gasteiger partial charge on any atom is 0.248 e. The van der Waals surface area contributed by atoms with E-state index in [1.54, 1.807) is 6.08 Å². The van der Waals surface area contributed by atoms with Crippen molar-refractivity contribution in [2.75, 3.05) is 6.54 Å². The Kier molecular flexibility index (Phi) is 6.81. The van der Waals surface area contributed by atoms with Gasteiger partial charge in [-0.2, -0.15) is 0 Å². The van der Waals surface area contributed by atoms with E-state index in [2.05, 4.69) is 10.6 Å². The van der Waals surface area contributed by atoms with Crippen LogP contribution in [0.5, 0.6) is 0 Å². The van der Waals surface area contributed by atoms with E-state index in [9.17, 15) is 28.3 Å². The summed E-state index contributed by atoms with van der Waals surface area (Å²) < 4.78 is 26.9. The van der Waals surface area contributed by atoms with Crippen molar-refractivity contribution in [2.45, 2.75) is 30.5 Å². The highest BCUT2D eigenvalue weighted by Crippen LogP contribution is 2.22. The summed E-state index contributed by atoms with van der Waals surface area (Å²) in [7, 11) is 0. The van der Waals surface area contributed by atoms with Crippen LogP contribution >= 0.6 is 0 Å². The van der Waals surface area contributed by atoms with Crippen LogP contribution in [0, 0.1) is 11.6 Å². The summed E-state index contributed by atoms with van der Waals surface area (Å²) in [6.45, 7) is 1.36. The van der Waals surface area contributed by atoms with Crippen molar-refractivity contribution >= 4 is 17.6 Å². The van der Waals surface area contributed by atoms with Crippen molar-refractivity contribution in [1.29, 1.82) is 0 Å². The molecule has 5 N–H and O–H groups in total. The van der Waals surface area contributed by atoms with Gasteiger partial charge in [-0.3, -0.25) is 14.4 Å². The lowest BCUT2D eigenvalue weighted by Gasteiger charge is -2.26. The molecule has 1 aliphatic heterocycles. The summed E-state index contributed by atoms with van der Waals surface area (Å²) >= 11 is 0. The summed E-state index contributed by atoms with van der Waals surface area (Å²) in [6, 6.07) is 10.4. The van der Waals surface area contributed by atoms with Gasteiger partial charge >= 0.3 is 0 Å². The molecule has 1 aliphatic rings. The third-order valence-electron chi connectivity index (χ3n) is 5.26. The van der Waals surface area contributed by atoms with Crippen LogP contribution in [0.3, 0.4) is 0 Å². The van der Waals surface area contributed by atoms with Gasteiger partial charge in [0.2, 0.25) is 11.8 Å². The highest BCUT2D eigenvalue weighted by molar-refractivity contribution is 6.12. The molecule has 7 nitrogen and oxygen atoms in total. The second kappa shape index (κ2) is 9.37. The lowest BCUT2D eigenvalue weighted by Crippen LogP contribution is -2.61. The van der Waals surface area contributed by atoms with Crippen molar-refractivity contribution in [2.24, 2.45) is 5.73 Å². The predicted molar refractivity (Wildman–Crippen MR) is 112 cm³/mol. The zero-order valence-corrected chi connectivity index (χ0v) is 17.2. The number of benzene rings is 2. The second-order valence-electron chi connectivity index (χ2n) is 7.77. The largest absolute Gasteiger partial charge is 0.380 e. The van der Waals surface area contributed by atoms with Crippen molar-refractivity contribution in [1.82, 2.24) is 10.6 Å². The van der Waals surface area contributed by atoms with Crippen molar-refractivity contribution in [3.8, 4) is 0 Å². The van der Waals surface area contributed by atoms with Crippen LogP contribution in [-0.4, -0.2) is 40.8 Å². The first-order valence-electron chi connectivity index (χ1n) is 9.89. The maximum atomic E-state index is 13.4. The van der Waals surface area contributed by atoms with Gasteiger partial charge in [0.15, 0.2) is 11.3 Å². The quantitative estimate of drug-likeness (QED) is 0.395. The summed E-state index contributed by atoms with van der Waals surface area (Å²) in [6.07, 6.45) is 1.22. The molecule has 168 valence electrons. The number of carbonyl (C=O) groups is 3. The van der Waals surface area contributed by atoms with Crippen LogP contribution in [0.2, 0.25) is 0 Å². The minimum absolute atomic E-state index is 0.113. The molecule has 0 saturated heterocycles. The molecule has 0 saturated carbocycles. The fourth-order valence-corrected chi connectivity index (χ4v) is 3.34. The topological polar surface area (TPSA) is 122 Å². The number of carbonyl (C=O) groups excluding carboxylic acids is 3. The summed E-state index contributed by atoms with van der Waals surface area (Å²) in [4.78, 5) is 37.8. The number of nitrogens with two attached hydrogens (primary N) is 1. The van der Waals surface area contributed by atoms with Gasteiger partial charge in [-0.15, -0.1) is 0 Å². The Morgan fingerprint density at radius 1 is 1.16 bits per heavy atom. The van der Waals surface area contributed by atoms with Crippen LogP contribution in [-0.2, 0) is 14.4 Å². The molecule has 1 heterocycles. The van der Waals surface area contributed by atoms with Gasteiger partial charge in [-0.25, -0.2) is 8.78 Å². The second-order valence-corrected chi connectivity index (χ2v) is 7.77. The Bertz CT molecular complexity index is 1040. The van der Waals surface area contributed by atoms with Gasteiger partial charge in [0.05, 0.1) is 0 Å². The SMILES string of the molecule is C[C@](N)(C(=O)N[C@H]1C=C[C@@H](c2ccccc2)CNC1=O)C(=O)[C@H](O)c1cc(F)cc(F)c1. The van der Waals surface area contributed by atoms with E-state index < -0.39 is 46.9 Å². The van der Waals surface area contributed by atoms with Gasteiger partial charge in [-0.1, -0.05) is 42.5 Å². The van der Waals surface area contributed by atoms with E-state index >= 15 is 0 Å². The highest BCUT2D eigenvalue weighted by atomic mass is 19.1. The molecule has 0 spiro atoms. The molecule has 0 aliphatic carbocycles. The number of rotatable bonds is 6. The molecule has 0 radical (unpaired) electrons. The van der Waals surface area contributed by atoms with Gasteiger partial charge in [0.1, 0.15) is 23.8 Å². The number of hydrogen-bond acceptors (Lipinski definition) is 5. The van der Waals surface area contributed by atoms with Gasteiger partial charge in [0, 0.05) is 18.5 Å². The number of aliphatic hydroxyl groups is 1. The average Bonchev–Trinajstić information content (AvgIpc) is 2.94. The van der Waals surface area contributed by atoms with E-state index in [4.69, 9.17) is 5.73 Å². The fraction of sp³-hybridized carbons (Fsp3) is 0.261. The summed E-state index contributed by atoms with van der Waals surface area (Å²) in [5.41, 5.74) is 4.19. The third-order valence-corrected chi connectivity index (χ3v) is 5.26. The van der Waals surface area contributed by atoms with Crippen LogP contribution in [0.25, 0.3) is 0 Å². The fourth-order valence-electron chi connectivity index (χ4n) is 3.34. The zero-order chi connectivity index (χ0) is 23.5. The highest BCUT2D eigenvalue weighted by Gasteiger charge is 2.42. The van der Waals surface area contributed by atoms with Crippen molar-refractivity contribution in [3.63, 3.8) is 0 Å². The molecule has 32 heavy (non-hydrogen) atoms. The first-order valence-corrected chi connectivity index (χ1v) is 9.89. The van der Waals surface area contributed by atoms with E-state index in [1.165, 1.54) is 6.08 Å². The first-order chi connectivity index (χ1) is 15.1.